The van der Waals surface area contributed by atoms with Gasteiger partial charge in [0.15, 0.2) is 6.10 Å². The highest BCUT2D eigenvalue weighted by molar-refractivity contribution is 5.89. The SMILES string of the molecule is COC(C(=O)NCC(=O)N[C@@H](CC(C)C)C(=O)O)c1ccccc1. The number of benzene rings is 1. The Morgan fingerprint density at radius 2 is 1.79 bits per heavy atom. The Bertz CT molecular complexity index is 559. The van der Waals surface area contributed by atoms with Crippen molar-refractivity contribution in [3.05, 3.63) is 35.9 Å². The van der Waals surface area contributed by atoms with Gasteiger partial charge in [0.1, 0.15) is 6.04 Å². The van der Waals surface area contributed by atoms with Gasteiger partial charge in [-0.2, -0.15) is 0 Å². The molecule has 0 aromatic heterocycles. The van der Waals surface area contributed by atoms with E-state index in [0.717, 1.165) is 0 Å². The minimum absolute atomic E-state index is 0.122. The Labute approximate surface area is 141 Å². The highest BCUT2D eigenvalue weighted by atomic mass is 16.5. The number of carboxylic acids is 1. The summed E-state index contributed by atoms with van der Waals surface area (Å²) < 4.78 is 5.16. The van der Waals surface area contributed by atoms with Gasteiger partial charge in [-0.1, -0.05) is 44.2 Å². The molecule has 0 heterocycles. The predicted octanol–water partition coefficient (Wildman–Crippen LogP) is 1.11. The Morgan fingerprint density at radius 3 is 2.29 bits per heavy atom. The number of carbonyl (C=O) groups is 3. The molecule has 0 saturated carbocycles. The summed E-state index contributed by atoms with van der Waals surface area (Å²) in [7, 11) is 1.40. The fourth-order valence-corrected chi connectivity index (χ4v) is 2.22. The molecule has 132 valence electrons. The summed E-state index contributed by atoms with van der Waals surface area (Å²) in [5, 5.41) is 14.0. The molecule has 7 heteroatoms. The first kappa shape index (κ1) is 19.6. The second-order valence-corrected chi connectivity index (χ2v) is 5.83. The molecule has 0 bridgehead atoms. The highest BCUT2D eigenvalue weighted by Crippen LogP contribution is 2.15. The molecular weight excluding hydrogens is 312 g/mol. The zero-order chi connectivity index (χ0) is 18.1. The number of carboxylic acid groups (broad SMARTS) is 1. The number of nitrogens with one attached hydrogen (secondary N) is 2. The number of ether oxygens (including phenoxy) is 1. The van der Waals surface area contributed by atoms with Crippen LogP contribution in [0.5, 0.6) is 0 Å². The van der Waals surface area contributed by atoms with Crippen molar-refractivity contribution in [2.45, 2.75) is 32.4 Å². The lowest BCUT2D eigenvalue weighted by Gasteiger charge is -2.18. The maximum atomic E-state index is 12.1. The van der Waals surface area contributed by atoms with E-state index in [0.29, 0.717) is 12.0 Å². The van der Waals surface area contributed by atoms with E-state index in [1.54, 1.807) is 24.3 Å². The second kappa shape index (κ2) is 9.67. The van der Waals surface area contributed by atoms with Crippen LogP contribution in [0.2, 0.25) is 0 Å². The second-order valence-electron chi connectivity index (χ2n) is 5.83. The molecule has 0 aliphatic heterocycles. The number of hydrogen-bond donors (Lipinski definition) is 3. The quantitative estimate of drug-likeness (QED) is 0.626. The zero-order valence-electron chi connectivity index (χ0n) is 14.1. The third-order valence-corrected chi connectivity index (χ3v) is 3.34. The summed E-state index contributed by atoms with van der Waals surface area (Å²) >= 11 is 0. The first-order chi connectivity index (χ1) is 11.3. The number of rotatable bonds is 9. The van der Waals surface area contributed by atoms with Crippen molar-refractivity contribution in [1.29, 1.82) is 0 Å². The predicted molar refractivity (Wildman–Crippen MR) is 88.2 cm³/mol. The van der Waals surface area contributed by atoms with Crippen molar-refractivity contribution >= 4 is 17.8 Å². The summed E-state index contributed by atoms with van der Waals surface area (Å²) in [6, 6.07) is 7.91. The Morgan fingerprint density at radius 1 is 1.17 bits per heavy atom. The van der Waals surface area contributed by atoms with Crippen LogP contribution in [0.15, 0.2) is 30.3 Å². The largest absolute Gasteiger partial charge is 0.480 e. The van der Waals surface area contributed by atoms with Gasteiger partial charge in [0.05, 0.1) is 6.54 Å². The van der Waals surface area contributed by atoms with Crippen molar-refractivity contribution in [3.8, 4) is 0 Å². The molecule has 1 aromatic carbocycles. The Hall–Kier alpha value is -2.41. The number of aliphatic carboxylic acids is 1. The maximum Gasteiger partial charge on any atom is 0.326 e. The van der Waals surface area contributed by atoms with Gasteiger partial charge < -0.3 is 20.5 Å². The van der Waals surface area contributed by atoms with E-state index in [9.17, 15) is 14.4 Å². The van der Waals surface area contributed by atoms with Crippen molar-refractivity contribution in [3.63, 3.8) is 0 Å². The summed E-state index contributed by atoms with van der Waals surface area (Å²) in [6.45, 7) is 3.42. The lowest BCUT2D eigenvalue weighted by Crippen LogP contribution is -2.46. The van der Waals surface area contributed by atoms with Crippen LogP contribution < -0.4 is 10.6 Å². The molecule has 7 nitrogen and oxygen atoms in total. The topological polar surface area (TPSA) is 105 Å². The van der Waals surface area contributed by atoms with Crippen LogP contribution in [-0.4, -0.2) is 42.6 Å². The van der Waals surface area contributed by atoms with Crippen LogP contribution in [0.1, 0.15) is 31.9 Å². The van der Waals surface area contributed by atoms with Crippen LogP contribution in [0, 0.1) is 5.92 Å². The third-order valence-electron chi connectivity index (χ3n) is 3.34. The first-order valence-electron chi connectivity index (χ1n) is 7.72. The lowest BCUT2D eigenvalue weighted by atomic mass is 10.0. The van der Waals surface area contributed by atoms with Gasteiger partial charge in [0, 0.05) is 7.11 Å². The highest BCUT2D eigenvalue weighted by Gasteiger charge is 2.23. The van der Waals surface area contributed by atoms with Crippen LogP contribution >= 0.6 is 0 Å². The van der Waals surface area contributed by atoms with E-state index in [1.807, 2.05) is 19.9 Å². The average molecular weight is 336 g/mol. The van der Waals surface area contributed by atoms with Crippen molar-refractivity contribution in [2.24, 2.45) is 5.92 Å². The summed E-state index contributed by atoms with van der Waals surface area (Å²) in [4.78, 5) is 35.1. The van der Waals surface area contributed by atoms with Gasteiger partial charge in [-0.3, -0.25) is 9.59 Å². The Kier molecular flexibility index (Phi) is 7.91. The van der Waals surface area contributed by atoms with E-state index >= 15 is 0 Å². The number of carbonyl (C=O) groups excluding carboxylic acids is 2. The van der Waals surface area contributed by atoms with Gasteiger partial charge >= 0.3 is 5.97 Å². The molecule has 0 aliphatic rings. The molecule has 2 amide bonds. The number of methoxy groups -OCH3 is 1. The summed E-state index contributed by atoms with van der Waals surface area (Å²) in [6.07, 6.45) is -0.510. The van der Waals surface area contributed by atoms with E-state index in [2.05, 4.69) is 10.6 Å². The molecule has 0 aliphatic carbocycles. The van der Waals surface area contributed by atoms with Gasteiger partial charge in [-0.15, -0.1) is 0 Å². The molecule has 0 fully saturated rings. The molecule has 0 saturated heterocycles. The van der Waals surface area contributed by atoms with Gasteiger partial charge in [-0.05, 0) is 17.9 Å². The van der Waals surface area contributed by atoms with Crippen LogP contribution in [-0.2, 0) is 19.1 Å². The molecule has 0 spiro atoms. The van der Waals surface area contributed by atoms with Crippen LogP contribution in [0.3, 0.4) is 0 Å². The maximum absolute atomic E-state index is 12.1. The molecule has 1 aromatic rings. The van der Waals surface area contributed by atoms with Gasteiger partial charge in [-0.25, -0.2) is 4.79 Å². The van der Waals surface area contributed by atoms with Crippen molar-refractivity contribution in [1.82, 2.24) is 10.6 Å². The molecule has 0 radical (unpaired) electrons. The molecular formula is C17H24N2O5. The van der Waals surface area contributed by atoms with E-state index in [1.165, 1.54) is 7.11 Å². The molecule has 1 rings (SSSR count). The van der Waals surface area contributed by atoms with Gasteiger partial charge in [0.25, 0.3) is 5.91 Å². The van der Waals surface area contributed by atoms with E-state index in [-0.39, 0.29) is 12.5 Å². The average Bonchev–Trinajstić information content (AvgIpc) is 2.53. The van der Waals surface area contributed by atoms with Gasteiger partial charge in [0.2, 0.25) is 5.91 Å². The molecule has 1 unspecified atom stereocenters. The summed E-state index contributed by atoms with van der Waals surface area (Å²) in [5.41, 5.74) is 0.668. The van der Waals surface area contributed by atoms with E-state index in [4.69, 9.17) is 9.84 Å². The third kappa shape index (κ3) is 6.37. The first-order valence-corrected chi connectivity index (χ1v) is 7.72. The van der Waals surface area contributed by atoms with Crippen LogP contribution in [0.4, 0.5) is 0 Å². The van der Waals surface area contributed by atoms with E-state index < -0.39 is 29.9 Å². The number of hydrogen-bond acceptors (Lipinski definition) is 4. The normalized spacial score (nSPS) is 13.2. The molecule has 24 heavy (non-hydrogen) atoms. The standard InChI is InChI=1S/C17H24N2O5/c1-11(2)9-13(17(22)23)19-14(20)10-18-16(21)15(24-3)12-7-5-4-6-8-12/h4-8,11,13,15H,9-10H2,1-3H3,(H,18,21)(H,19,20)(H,22,23)/t13-,15?/m0/s1. The van der Waals surface area contributed by atoms with Crippen molar-refractivity contribution in [2.75, 3.05) is 13.7 Å². The fraction of sp³-hybridized carbons (Fsp3) is 0.471. The Balaban J connectivity index is 2.56. The minimum Gasteiger partial charge on any atom is -0.480 e. The molecule has 3 N–H and O–H groups in total. The summed E-state index contributed by atoms with van der Waals surface area (Å²) in [5.74, 6) is -1.99. The monoisotopic (exact) mass is 336 g/mol. The zero-order valence-corrected chi connectivity index (χ0v) is 14.1. The van der Waals surface area contributed by atoms with Crippen molar-refractivity contribution < 1.29 is 24.2 Å². The minimum atomic E-state index is -1.09. The smallest absolute Gasteiger partial charge is 0.326 e. The lowest BCUT2D eigenvalue weighted by molar-refractivity contribution is -0.142. The number of amides is 2. The molecule has 2 atom stereocenters. The fourth-order valence-electron chi connectivity index (χ4n) is 2.22. The van der Waals surface area contributed by atoms with Crippen LogP contribution in [0.25, 0.3) is 0 Å².